The largest absolute Gasteiger partial charge is 0.506 e. The highest BCUT2D eigenvalue weighted by Crippen LogP contribution is 2.31. The number of fused-ring (bicyclic) bond motifs is 1. The lowest BCUT2D eigenvalue weighted by molar-refractivity contribution is 0.0522. The minimum Gasteiger partial charge on any atom is -0.506 e. The van der Waals surface area contributed by atoms with Gasteiger partial charge in [0.2, 0.25) is 0 Å². The molecule has 0 spiro atoms. The molecule has 19 heavy (non-hydrogen) atoms. The van der Waals surface area contributed by atoms with Crippen molar-refractivity contribution in [1.29, 1.82) is 0 Å². The summed E-state index contributed by atoms with van der Waals surface area (Å²) in [5.41, 5.74) is 0.592. The molecule has 2 rings (SSSR count). The van der Waals surface area contributed by atoms with Crippen molar-refractivity contribution in [2.45, 2.75) is 6.92 Å². The molecule has 2 N–H and O–H groups in total. The predicted octanol–water partition coefficient (Wildman–Crippen LogP) is 2.79. The van der Waals surface area contributed by atoms with Crippen LogP contribution in [0.1, 0.15) is 17.3 Å². The molecule has 5 nitrogen and oxygen atoms in total. The average Bonchev–Trinajstić information content (AvgIpc) is 2.38. The molecule has 0 fully saturated rings. The zero-order valence-electron chi connectivity index (χ0n) is 10.5. The molecule has 1 aromatic heterocycles. The van der Waals surface area contributed by atoms with Crippen molar-refractivity contribution in [3.8, 4) is 11.5 Å². The number of rotatable bonds is 3. The number of ether oxygens (including phenoxy) is 2. The molecule has 0 saturated carbocycles. The van der Waals surface area contributed by atoms with Crippen LogP contribution in [-0.4, -0.2) is 29.8 Å². The monoisotopic (exact) mass is 279 g/mol. The van der Waals surface area contributed by atoms with Crippen molar-refractivity contribution in [3.05, 3.63) is 28.4 Å². The van der Waals surface area contributed by atoms with E-state index in [-0.39, 0.29) is 22.6 Å². The Kier molecular flexibility index (Phi) is 3.71. The number of esters is 1. The summed E-state index contributed by atoms with van der Waals surface area (Å²) in [6, 6.07) is 5.08. The molecular weight excluding hydrogens is 266 g/mol. The van der Waals surface area contributed by atoms with Gasteiger partial charge in [-0.1, -0.05) is 12.2 Å². The highest BCUT2D eigenvalue weighted by Gasteiger charge is 2.18. The Morgan fingerprint density at radius 1 is 1.47 bits per heavy atom. The highest BCUT2D eigenvalue weighted by atomic mass is 32.1. The molecule has 0 aliphatic carbocycles. The van der Waals surface area contributed by atoms with Gasteiger partial charge in [0.05, 0.1) is 19.2 Å². The van der Waals surface area contributed by atoms with Crippen molar-refractivity contribution < 1.29 is 19.4 Å². The Morgan fingerprint density at radius 3 is 2.84 bits per heavy atom. The zero-order chi connectivity index (χ0) is 14.0. The summed E-state index contributed by atoms with van der Waals surface area (Å²) in [6.45, 7) is 1.90. The topological polar surface area (TPSA) is 71.6 Å². The SMILES string of the molecule is CCOC(=O)c1c(O)c2cc(OC)ccc2[nH]c1=S. The number of hydrogen-bond acceptors (Lipinski definition) is 5. The number of aromatic nitrogens is 1. The first-order valence-corrected chi connectivity index (χ1v) is 6.09. The number of aromatic amines is 1. The van der Waals surface area contributed by atoms with Gasteiger partial charge >= 0.3 is 5.97 Å². The number of hydrogen-bond donors (Lipinski definition) is 2. The number of carbonyl (C=O) groups excluding carboxylic acids is 1. The summed E-state index contributed by atoms with van der Waals surface area (Å²) < 4.78 is 10.1. The maximum absolute atomic E-state index is 11.8. The van der Waals surface area contributed by atoms with Gasteiger partial charge in [0, 0.05) is 5.39 Å². The molecule has 0 bridgehead atoms. The molecule has 0 aliphatic rings. The fourth-order valence-electron chi connectivity index (χ4n) is 1.77. The summed E-state index contributed by atoms with van der Waals surface area (Å²) in [4.78, 5) is 14.7. The van der Waals surface area contributed by atoms with E-state index in [1.807, 2.05) is 0 Å². The van der Waals surface area contributed by atoms with Gasteiger partial charge in [-0.25, -0.2) is 4.79 Å². The van der Waals surface area contributed by atoms with Crippen molar-refractivity contribution in [2.24, 2.45) is 0 Å². The van der Waals surface area contributed by atoms with Gasteiger partial charge in [0.15, 0.2) is 0 Å². The molecule has 0 amide bonds. The second kappa shape index (κ2) is 5.27. The summed E-state index contributed by atoms with van der Waals surface area (Å²) in [5, 5.41) is 10.7. The quantitative estimate of drug-likeness (QED) is 0.667. The lowest BCUT2D eigenvalue weighted by atomic mass is 10.1. The van der Waals surface area contributed by atoms with Gasteiger partial charge in [-0.05, 0) is 25.1 Å². The number of H-pyrrole nitrogens is 1. The number of benzene rings is 1. The number of nitrogens with one attached hydrogen (secondary N) is 1. The van der Waals surface area contributed by atoms with Crippen LogP contribution in [0, 0.1) is 4.64 Å². The molecule has 1 heterocycles. The van der Waals surface area contributed by atoms with Gasteiger partial charge < -0.3 is 19.6 Å². The Labute approximate surface area is 114 Å². The third-order valence-corrected chi connectivity index (χ3v) is 2.98. The Balaban J connectivity index is 2.72. The first-order valence-electron chi connectivity index (χ1n) is 5.68. The summed E-state index contributed by atoms with van der Waals surface area (Å²) in [7, 11) is 1.52. The zero-order valence-corrected chi connectivity index (χ0v) is 11.3. The molecule has 0 unspecified atom stereocenters. The van der Waals surface area contributed by atoms with Crippen molar-refractivity contribution in [3.63, 3.8) is 0 Å². The average molecular weight is 279 g/mol. The molecule has 0 atom stereocenters. The molecule has 0 aliphatic heterocycles. The van der Waals surface area contributed by atoms with Crippen molar-refractivity contribution in [1.82, 2.24) is 4.98 Å². The van der Waals surface area contributed by atoms with E-state index < -0.39 is 5.97 Å². The normalized spacial score (nSPS) is 10.4. The summed E-state index contributed by atoms with van der Waals surface area (Å²) in [5.74, 6) is -0.273. The Bertz CT molecular complexity index is 693. The van der Waals surface area contributed by atoms with E-state index in [1.165, 1.54) is 7.11 Å². The van der Waals surface area contributed by atoms with Crippen LogP contribution in [0.3, 0.4) is 0 Å². The second-order valence-electron chi connectivity index (χ2n) is 3.81. The van der Waals surface area contributed by atoms with E-state index in [2.05, 4.69) is 4.98 Å². The van der Waals surface area contributed by atoms with E-state index >= 15 is 0 Å². The molecule has 100 valence electrons. The molecular formula is C13H13NO4S. The maximum Gasteiger partial charge on any atom is 0.344 e. The summed E-state index contributed by atoms with van der Waals surface area (Å²) >= 11 is 5.07. The van der Waals surface area contributed by atoms with Crippen LogP contribution in [0.4, 0.5) is 0 Å². The van der Waals surface area contributed by atoms with Crippen LogP contribution < -0.4 is 4.74 Å². The van der Waals surface area contributed by atoms with Gasteiger partial charge in [-0.15, -0.1) is 0 Å². The van der Waals surface area contributed by atoms with Crippen LogP contribution in [0.25, 0.3) is 10.9 Å². The van der Waals surface area contributed by atoms with E-state index in [1.54, 1.807) is 25.1 Å². The lowest BCUT2D eigenvalue weighted by Crippen LogP contribution is -2.07. The first kappa shape index (κ1) is 13.4. The van der Waals surface area contributed by atoms with Gasteiger partial charge in [-0.2, -0.15) is 0 Å². The molecule has 0 radical (unpaired) electrons. The number of aromatic hydroxyl groups is 1. The van der Waals surface area contributed by atoms with Crippen molar-refractivity contribution in [2.75, 3.05) is 13.7 Å². The minimum absolute atomic E-state index is 0.0300. The predicted molar refractivity (Wildman–Crippen MR) is 73.3 cm³/mol. The van der Waals surface area contributed by atoms with E-state index in [0.29, 0.717) is 16.7 Å². The second-order valence-corrected chi connectivity index (χ2v) is 4.22. The van der Waals surface area contributed by atoms with Gasteiger partial charge in [0.25, 0.3) is 0 Å². The highest BCUT2D eigenvalue weighted by molar-refractivity contribution is 7.71. The fourth-order valence-corrected chi connectivity index (χ4v) is 2.06. The molecule has 2 aromatic rings. The minimum atomic E-state index is -0.647. The van der Waals surface area contributed by atoms with E-state index in [4.69, 9.17) is 21.7 Å². The first-order chi connectivity index (χ1) is 9.08. The van der Waals surface area contributed by atoms with Gasteiger partial charge in [-0.3, -0.25) is 0 Å². The summed E-state index contributed by atoms with van der Waals surface area (Å²) in [6.07, 6.45) is 0. The number of pyridine rings is 1. The maximum atomic E-state index is 11.8. The van der Waals surface area contributed by atoms with Crippen LogP contribution in [0.5, 0.6) is 11.5 Å². The van der Waals surface area contributed by atoms with Crippen LogP contribution in [0.2, 0.25) is 0 Å². The molecule has 6 heteroatoms. The fraction of sp³-hybridized carbons (Fsp3) is 0.231. The van der Waals surface area contributed by atoms with Gasteiger partial charge in [0.1, 0.15) is 21.7 Å². The third-order valence-electron chi connectivity index (χ3n) is 2.67. The van der Waals surface area contributed by atoms with Crippen molar-refractivity contribution >= 4 is 29.1 Å². The van der Waals surface area contributed by atoms with E-state index in [0.717, 1.165) is 0 Å². The molecule has 1 aromatic carbocycles. The van der Waals surface area contributed by atoms with E-state index in [9.17, 15) is 9.90 Å². The standard InChI is InChI=1S/C13H13NO4S/c1-3-18-13(16)10-11(15)8-6-7(17-2)4-5-9(8)14-12(10)19/h4-6H,3H2,1-2H3,(H2,14,15,19). The lowest BCUT2D eigenvalue weighted by Gasteiger charge is -2.09. The van der Waals surface area contributed by atoms with Crippen LogP contribution >= 0.6 is 12.2 Å². The van der Waals surface area contributed by atoms with Crippen LogP contribution in [0.15, 0.2) is 18.2 Å². The Morgan fingerprint density at radius 2 is 2.21 bits per heavy atom. The molecule has 0 saturated heterocycles. The smallest absolute Gasteiger partial charge is 0.344 e. The Hall–Kier alpha value is -2.08. The third kappa shape index (κ3) is 2.39. The number of methoxy groups -OCH3 is 1. The van der Waals surface area contributed by atoms with Crippen LogP contribution in [-0.2, 0) is 4.74 Å². The number of carbonyl (C=O) groups is 1.